The predicted molar refractivity (Wildman–Crippen MR) is 117 cm³/mol. The Labute approximate surface area is 181 Å². The van der Waals surface area contributed by atoms with E-state index >= 15 is 0 Å². The molecule has 1 N–H and O–H groups in total. The number of benzene rings is 2. The summed E-state index contributed by atoms with van der Waals surface area (Å²) in [7, 11) is 1.68. The maximum Gasteiger partial charge on any atom is 0.242 e. The maximum absolute atomic E-state index is 14.1. The molecule has 4 rings (SSSR count). The molecule has 0 atom stereocenters. The highest BCUT2D eigenvalue weighted by Gasteiger charge is 2.24. The van der Waals surface area contributed by atoms with Crippen molar-refractivity contribution in [2.45, 2.75) is 13.0 Å². The molecule has 8 heteroatoms. The third-order valence-corrected chi connectivity index (χ3v) is 5.92. The minimum atomic E-state index is -0.449. The van der Waals surface area contributed by atoms with Gasteiger partial charge < -0.3 is 20.0 Å². The van der Waals surface area contributed by atoms with Gasteiger partial charge in [0.2, 0.25) is 5.91 Å². The van der Waals surface area contributed by atoms with Crippen LogP contribution in [0.1, 0.15) is 11.1 Å². The molecule has 1 saturated heterocycles. The van der Waals surface area contributed by atoms with Gasteiger partial charge in [0, 0.05) is 52.4 Å². The molecule has 0 bridgehead atoms. The van der Waals surface area contributed by atoms with Crippen LogP contribution in [-0.2, 0) is 17.8 Å². The largest absolute Gasteiger partial charge is 0.366 e. The standard InChI is InChI=1S/C23H27F2N5O/c1-26-23(27-15-22(31)30-9-8-17-4-2-3-5-18(17)16-30)29-12-10-28(11-13-29)21-14-19(24)6-7-20(21)25/h2-7,14H,8-13,15-16H2,1H3,(H,26,27). The van der Waals surface area contributed by atoms with Crippen molar-refractivity contribution in [2.75, 3.05) is 51.2 Å². The van der Waals surface area contributed by atoms with Gasteiger partial charge in [-0.2, -0.15) is 0 Å². The van der Waals surface area contributed by atoms with Gasteiger partial charge in [-0.15, -0.1) is 0 Å². The highest BCUT2D eigenvalue weighted by Crippen LogP contribution is 2.22. The fraction of sp³-hybridized carbons (Fsp3) is 0.391. The Morgan fingerprint density at radius 2 is 1.74 bits per heavy atom. The molecule has 0 spiro atoms. The first-order valence-corrected chi connectivity index (χ1v) is 10.6. The molecule has 31 heavy (non-hydrogen) atoms. The molecule has 1 amide bonds. The van der Waals surface area contributed by atoms with Crippen molar-refractivity contribution < 1.29 is 13.6 Å². The number of nitrogens with one attached hydrogen (secondary N) is 1. The molecule has 2 heterocycles. The minimum Gasteiger partial charge on any atom is -0.366 e. The van der Waals surface area contributed by atoms with E-state index in [9.17, 15) is 13.6 Å². The van der Waals surface area contributed by atoms with Crippen LogP contribution in [0, 0.1) is 11.6 Å². The smallest absolute Gasteiger partial charge is 0.242 e. The van der Waals surface area contributed by atoms with Gasteiger partial charge in [0.1, 0.15) is 11.6 Å². The molecule has 6 nitrogen and oxygen atoms in total. The van der Waals surface area contributed by atoms with Crippen LogP contribution in [-0.4, -0.2) is 68.0 Å². The van der Waals surface area contributed by atoms with E-state index in [1.807, 2.05) is 26.8 Å². The Bertz CT molecular complexity index is 972. The summed E-state index contributed by atoms with van der Waals surface area (Å²) in [6, 6.07) is 11.7. The van der Waals surface area contributed by atoms with Crippen molar-refractivity contribution in [3.8, 4) is 0 Å². The van der Waals surface area contributed by atoms with Gasteiger partial charge in [-0.05, 0) is 29.7 Å². The Hall–Kier alpha value is -3.16. The SMILES string of the molecule is CN=C(NCC(=O)N1CCc2ccccc2C1)N1CCN(c2cc(F)ccc2F)CC1. The summed E-state index contributed by atoms with van der Waals surface area (Å²) in [4.78, 5) is 22.8. The number of fused-ring (bicyclic) bond motifs is 1. The maximum atomic E-state index is 14.1. The van der Waals surface area contributed by atoms with E-state index in [0.717, 1.165) is 18.6 Å². The lowest BCUT2D eigenvalue weighted by molar-refractivity contribution is -0.130. The molecule has 0 saturated carbocycles. The molecule has 2 aromatic carbocycles. The van der Waals surface area contributed by atoms with Crippen molar-refractivity contribution in [3.63, 3.8) is 0 Å². The van der Waals surface area contributed by atoms with Crippen molar-refractivity contribution in [1.82, 2.24) is 15.1 Å². The summed E-state index contributed by atoms with van der Waals surface area (Å²) < 4.78 is 27.6. The van der Waals surface area contributed by atoms with Crippen LogP contribution in [0.3, 0.4) is 0 Å². The van der Waals surface area contributed by atoms with Crippen LogP contribution < -0.4 is 10.2 Å². The Kier molecular flexibility index (Phi) is 6.34. The molecule has 0 unspecified atom stereocenters. The molecule has 0 aliphatic carbocycles. The van der Waals surface area contributed by atoms with Gasteiger partial charge in [-0.3, -0.25) is 9.79 Å². The van der Waals surface area contributed by atoms with Gasteiger partial charge in [0.05, 0.1) is 12.2 Å². The van der Waals surface area contributed by atoms with Crippen molar-refractivity contribution >= 4 is 17.6 Å². The second-order valence-electron chi connectivity index (χ2n) is 7.80. The average molecular weight is 427 g/mol. The Balaban J connectivity index is 1.29. The van der Waals surface area contributed by atoms with Gasteiger partial charge in [-0.25, -0.2) is 8.78 Å². The van der Waals surface area contributed by atoms with E-state index in [4.69, 9.17) is 0 Å². The molecule has 164 valence electrons. The monoisotopic (exact) mass is 427 g/mol. The third-order valence-electron chi connectivity index (χ3n) is 5.92. The van der Waals surface area contributed by atoms with Crippen LogP contribution in [0.2, 0.25) is 0 Å². The number of nitrogens with zero attached hydrogens (tertiary/aromatic N) is 4. The number of hydrogen-bond donors (Lipinski definition) is 1. The van der Waals surface area contributed by atoms with Crippen molar-refractivity contribution in [2.24, 2.45) is 4.99 Å². The summed E-state index contributed by atoms with van der Waals surface area (Å²) in [6.45, 7) is 3.80. The first-order valence-electron chi connectivity index (χ1n) is 10.6. The average Bonchev–Trinajstić information content (AvgIpc) is 2.81. The molecular weight excluding hydrogens is 400 g/mol. The summed E-state index contributed by atoms with van der Waals surface area (Å²) in [6.07, 6.45) is 0.870. The first kappa shape index (κ1) is 21.1. The summed E-state index contributed by atoms with van der Waals surface area (Å²) in [5.74, 6) is -0.192. The summed E-state index contributed by atoms with van der Waals surface area (Å²) in [5.41, 5.74) is 2.79. The number of carbonyl (C=O) groups excluding carboxylic acids is 1. The highest BCUT2D eigenvalue weighted by molar-refractivity contribution is 5.86. The Morgan fingerprint density at radius 1 is 1.00 bits per heavy atom. The quantitative estimate of drug-likeness (QED) is 0.603. The van der Waals surface area contributed by atoms with Crippen LogP contribution in [0.5, 0.6) is 0 Å². The number of amides is 1. The number of guanidine groups is 1. The Morgan fingerprint density at radius 3 is 2.48 bits per heavy atom. The van der Waals surface area contributed by atoms with Gasteiger partial charge in [-0.1, -0.05) is 24.3 Å². The number of rotatable bonds is 3. The molecule has 2 aliphatic heterocycles. The lowest BCUT2D eigenvalue weighted by atomic mass is 10.00. The summed E-state index contributed by atoms with van der Waals surface area (Å²) in [5, 5.41) is 3.17. The molecule has 0 aromatic heterocycles. The number of aliphatic imine (C=N–C) groups is 1. The van der Waals surface area contributed by atoms with Crippen LogP contribution in [0.4, 0.5) is 14.5 Å². The fourth-order valence-corrected chi connectivity index (χ4v) is 4.19. The van der Waals surface area contributed by atoms with E-state index in [1.54, 1.807) is 7.05 Å². The number of piperazine rings is 1. The molecule has 2 aromatic rings. The zero-order valence-corrected chi connectivity index (χ0v) is 17.7. The van der Waals surface area contributed by atoms with E-state index in [-0.39, 0.29) is 18.1 Å². The van der Waals surface area contributed by atoms with Gasteiger partial charge in [0.25, 0.3) is 0 Å². The molecular formula is C23H27F2N5O. The van der Waals surface area contributed by atoms with Crippen molar-refractivity contribution in [3.05, 3.63) is 65.2 Å². The van der Waals surface area contributed by atoms with E-state index in [1.165, 1.54) is 17.2 Å². The predicted octanol–water partition coefficient (Wildman–Crippen LogP) is 2.25. The first-order chi connectivity index (χ1) is 15.0. The minimum absolute atomic E-state index is 0.0381. The van der Waals surface area contributed by atoms with E-state index in [0.29, 0.717) is 45.2 Å². The second-order valence-corrected chi connectivity index (χ2v) is 7.80. The number of halogens is 2. The number of hydrogen-bond acceptors (Lipinski definition) is 3. The highest BCUT2D eigenvalue weighted by atomic mass is 19.1. The lowest BCUT2D eigenvalue weighted by Crippen LogP contribution is -2.54. The lowest BCUT2D eigenvalue weighted by Gasteiger charge is -2.38. The molecule has 0 radical (unpaired) electrons. The number of carbonyl (C=O) groups is 1. The molecule has 1 fully saturated rings. The third kappa shape index (κ3) is 4.78. The normalized spacial score (nSPS) is 16.9. The van der Waals surface area contributed by atoms with Gasteiger partial charge >= 0.3 is 0 Å². The second kappa shape index (κ2) is 9.32. The zero-order chi connectivity index (χ0) is 21.8. The number of anilines is 1. The molecule has 2 aliphatic rings. The summed E-state index contributed by atoms with van der Waals surface area (Å²) >= 11 is 0. The van der Waals surface area contributed by atoms with Crippen LogP contribution in [0.25, 0.3) is 0 Å². The van der Waals surface area contributed by atoms with Crippen LogP contribution in [0.15, 0.2) is 47.5 Å². The zero-order valence-electron chi connectivity index (χ0n) is 17.7. The van der Waals surface area contributed by atoms with Gasteiger partial charge in [0.15, 0.2) is 5.96 Å². The van der Waals surface area contributed by atoms with E-state index in [2.05, 4.69) is 22.4 Å². The van der Waals surface area contributed by atoms with E-state index < -0.39 is 11.6 Å². The van der Waals surface area contributed by atoms with Crippen molar-refractivity contribution in [1.29, 1.82) is 0 Å². The topological polar surface area (TPSA) is 51.2 Å². The van der Waals surface area contributed by atoms with Crippen LogP contribution >= 0.6 is 0 Å². The fourth-order valence-electron chi connectivity index (χ4n) is 4.19.